The summed E-state index contributed by atoms with van der Waals surface area (Å²) >= 11 is 5.91. The number of halogens is 1. The normalized spacial score (nSPS) is 17.5. The van der Waals surface area contributed by atoms with Gasteiger partial charge in [-0.1, -0.05) is 23.7 Å². The van der Waals surface area contributed by atoms with Gasteiger partial charge in [-0.3, -0.25) is 4.79 Å². The van der Waals surface area contributed by atoms with Gasteiger partial charge in [0.2, 0.25) is 0 Å². The van der Waals surface area contributed by atoms with Crippen LogP contribution in [0.4, 0.5) is 10.5 Å². The van der Waals surface area contributed by atoms with E-state index in [1.807, 2.05) is 12.1 Å². The quantitative estimate of drug-likeness (QED) is 0.225. The molecule has 0 radical (unpaired) electrons. The highest BCUT2D eigenvalue weighted by Crippen LogP contribution is 2.27. The van der Waals surface area contributed by atoms with E-state index >= 15 is 0 Å². The first-order valence-electron chi connectivity index (χ1n) is 13.0. The van der Waals surface area contributed by atoms with E-state index in [1.54, 1.807) is 66.7 Å². The fourth-order valence-electron chi connectivity index (χ4n) is 4.45. The minimum atomic E-state index is -0.491. The molecule has 2 aliphatic heterocycles. The zero-order chi connectivity index (χ0) is 27.2. The highest BCUT2D eigenvalue weighted by Gasteiger charge is 2.34. The van der Waals surface area contributed by atoms with Crippen LogP contribution in [0.15, 0.2) is 78.5 Å². The summed E-state index contributed by atoms with van der Waals surface area (Å²) in [6, 6.07) is 20.8. The lowest BCUT2D eigenvalue weighted by Gasteiger charge is -2.32. The summed E-state index contributed by atoms with van der Waals surface area (Å²) in [6.45, 7) is 6.03. The number of ether oxygens (including phenoxy) is 2. The number of nitrogens with zero attached hydrogens (tertiary/aromatic N) is 3. The molecular formula is C30H31ClN4O4. The van der Waals surface area contributed by atoms with Crippen molar-refractivity contribution in [3.05, 3.63) is 89.1 Å². The fourth-order valence-corrected chi connectivity index (χ4v) is 4.57. The standard InChI is InChI=1S/C30H31ClN4O4/c1-33-16-18-34(19-17-33)15-2-20-38-25-13-7-24(8-14-25)35-29(36)28(32-30(35)37)21-22-3-9-26(10-4-22)39-27-11-5-23(31)6-12-27/h3-14,21H,2,15-20H2,1H3,(H,32,37). The largest absolute Gasteiger partial charge is 0.494 e. The molecule has 8 nitrogen and oxygen atoms in total. The number of hydrogen-bond acceptors (Lipinski definition) is 6. The number of carbonyl (C=O) groups excluding carboxylic acids is 2. The van der Waals surface area contributed by atoms with Crippen LogP contribution in [0.2, 0.25) is 5.02 Å². The molecule has 0 unspecified atom stereocenters. The van der Waals surface area contributed by atoms with Gasteiger partial charge in [0.1, 0.15) is 22.9 Å². The molecule has 3 aromatic carbocycles. The Kier molecular flexibility index (Phi) is 8.46. The van der Waals surface area contributed by atoms with Gasteiger partial charge in [0.25, 0.3) is 5.91 Å². The third-order valence-electron chi connectivity index (χ3n) is 6.70. The topological polar surface area (TPSA) is 74.3 Å². The molecule has 9 heteroatoms. The molecule has 2 heterocycles. The third kappa shape index (κ3) is 6.97. The number of carbonyl (C=O) groups is 2. The summed E-state index contributed by atoms with van der Waals surface area (Å²) in [5, 5.41) is 3.30. The van der Waals surface area contributed by atoms with Gasteiger partial charge in [-0.05, 0) is 85.8 Å². The summed E-state index contributed by atoms with van der Waals surface area (Å²) in [7, 11) is 2.15. The molecule has 0 bridgehead atoms. The molecule has 39 heavy (non-hydrogen) atoms. The second-order valence-corrected chi connectivity index (χ2v) is 10.0. The van der Waals surface area contributed by atoms with Crippen molar-refractivity contribution in [1.82, 2.24) is 15.1 Å². The zero-order valence-corrected chi connectivity index (χ0v) is 22.6. The van der Waals surface area contributed by atoms with Crippen molar-refractivity contribution in [1.29, 1.82) is 0 Å². The van der Waals surface area contributed by atoms with Crippen LogP contribution < -0.4 is 19.7 Å². The lowest BCUT2D eigenvalue weighted by Crippen LogP contribution is -2.44. The number of benzene rings is 3. The van der Waals surface area contributed by atoms with Crippen molar-refractivity contribution in [2.24, 2.45) is 0 Å². The van der Waals surface area contributed by atoms with E-state index in [0.717, 1.165) is 49.6 Å². The number of likely N-dealkylation sites (N-methyl/N-ethyl adjacent to an activating group) is 1. The van der Waals surface area contributed by atoms with Gasteiger partial charge in [0, 0.05) is 37.7 Å². The average molecular weight is 547 g/mol. The van der Waals surface area contributed by atoms with Gasteiger partial charge >= 0.3 is 6.03 Å². The second kappa shape index (κ2) is 12.3. The first-order chi connectivity index (χ1) is 18.9. The minimum absolute atomic E-state index is 0.204. The molecule has 202 valence electrons. The van der Waals surface area contributed by atoms with E-state index in [2.05, 4.69) is 22.2 Å². The Bertz CT molecular complexity index is 1320. The molecule has 0 spiro atoms. The van der Waals surface area contributed by atoms with E-state index < -0.39 is 11.9 Å². The van der Waals surface area contributed by atoms with Crippen LogP contribution in [0.1, 0.15) is 12.0 Å². The number of hydrogen-bond donors (Lipinski definition) is 1. The van der Waals surface area contributed by atoms with Crippen molar-refractivity contribution in [2.75, 3.05) is 51.3 Å². The average Bonchev–Trinajstić information content (AvgIpc) is 3.22. The zero-order valence-electron chi connectivity index (χ0n) is 21.8. The Morgan fingerprint density at radius 1 is 0.846 bits per heavy atom. The molecule has 0 saturated carbocycles. The number of nitrogens with one attached hydrogen (secondary N) is 1. The lowest BCUT2D eigenvalue weighted by molar-refractivity contribution is -0.113. The van der Waals surface area contributed by atoms with Gasteiger partial charge in [0.05, 0.1) is 12.3 Å². The van der Waals surface area contributed by atoms with Crippen LogP contribution in [-0.2, 0) is 4.79 Å². The number of imide groups is 1. The van der Waals surface area contributed by atoms with Crippen LogP contribution >= 0.6 is 11.6 Å². The van der Waals surface area contributed by atoms with Gasteiger partial charge in [-0.15, -0.1) is 0 Å². The second-order valence-electron chi connectivity index (χ2n) is 9.59. The highest BCUT2D eigenvalue weighted by molar-refractivity contribution is 6.30. The summed E-state index contributed by atoms with van der Waals surface area (Å²) < 4.78 is 11.7. The molecule has 3 aromatic rings. The Balaban J connectivity index is 1.14. The summed E-state index contributed by atoms with van der Waals surface area (Å²) in [6.07, 6.45) is 2.59. The lowest BCUT2D eigenvalue weighted by atomic mass is 10.2. The predicted molar refractivity (Wildman–Crippen MR) is 152 cm³/mol. The SMILES string of the molecule is CN1CCN(CCCOc2ccc(N3C(=O)NC(=Cc4ccc(Oc5ccc(Cl)cc5)cc4)C3=O)cc2)CC1. The summed E-state index contributed by atoms with van der Waals surface area (Å²) in [5.74, 6) is 1.61. The first-order valence-corrected chi connectivity index (χ1v) is 13.4. The van der Waals surface area contributed by atoms with Crippen LogP contribution in [0.25, 0.3) is 6.08 Å². The summed E-state index contributed by atoms with van der Waals surface area (Å²) in [4.78, 5) is 31.6. The van der Waals surface area contributed by atoms with E-state index in [4.69, 9.17) is 21.1 Å². The number of piperazine rings is 1. The van der Waals surface area contributed by atoms with E-state index in [0.29, 0.717) is 34.6 Å². The van der Waals surface area contributed by atoms with Crippen LogP contribution in [-0.4, -0.2) is 68.1 Å². The Hall–Kier alpha value is -3.85. The Morgan fingerprint density at radius 3 is 2.13 bits per heavy atom. The Morgan fingerprint density at radius 2 is 1.46 bits per heavy atom. The third-order valence-corrected chi connectivity index (χ3v) is 6.95. The molecule has 2 fully saturated rings. The van der Waals surface area contributed by atoms with Gasteiger partial charge in [-0.2, -0.15) is 0 Å². The molecule has 2 aliphatic rings. The molecule has 0 atom stereocenters. The number of urea groups is 1. The number of rotatable bonds is 9. The van der Waals surface area contributed by atoms with Crippen LogP contribution in [0, 0.1) is 0 Å². The van der Waals surface area contributed by atoms with Crippen molar-refractivity contribution < 1.29 is 19.1 Å². The maximum atomic E-state index is 13.0. The van der Waals surface area contributed by atoms with E-state index in [-0.39, 0.29) is 5.70 Å². The smallest absolute Gasteiger partial charge is 0.333 e. The predicted octanol–water partition coefficient (Wildman–Crippen LogP) is 5.25. The van der Waals surface area contributed by atoms with Crippen LogP contribution in [0.5, 0.6) is 17.2 Å². The van der Waals surface area contributed by atoms with Gasteiger partial charge in [-0.25, -0.2) is 9.69 Å². The fraction of sp³-hybridized carbons (Fsp3) is 0.267. The minimum Gasteiger partial charge on any atom is -0.494 e. The molecule has 0 aliphatic carbocycles. The molecule has 2 saturated heterocycles. The maximum Gasteiger partial charge on any atom is 0.333 e. The first kappa shape index (κ1) is 26.7. The van der Waals surface area contributed by atoms with E-state index in [9.17, 15) is 9.59 Å². The van der Waals surface area contributed by atoms with Gasteiger partial charge < -0.3 is 24.6 Å². The maximum absolute atomic E-state index is 13.0. The molecule has 0 aromatic heterocycles. The van der Waals surface area contributed by atoms with Crippen molar-refractivity contribution in [3.63, 3.8) is 0 Å². The van der Waals surface area contributed by atoms with Crippen molar-refractivity contribution in [3.8, 4) is 17.2 Å². The molecule has 3 amide bonds. The van der Waals surface area contributed by atoms with E-state index in [1.165, 1.54) is 0 Å². The van der Waals surface area contributed by atoms with Crippen LogP contribution in [0.3, 0.4) is 0 Å². The molecule has 5 rings (SSSR count). The molecular weight excluding hydrogens is 516 g/mol. The molecule has 1 N–H and O–H groups in total. The van der Waals surface area contributed by atoms with Crippen molar-refractivity contribution in [2.45, 2.75) is 6.42 Å². The summed E-state index contributed by atoms with van der Waals surface area (Å²) in [5.41, 5.74) is 1.44. The van der Waals surface area contributed by atoms with Crippen molar-refractivity contribution >= 4 is 35.3 Å². The number of anilines is 1. The monoisotopic (exact) mass is 546 g/mol. The van der Waals surface area contributed by atoms with Gasteiger partial charge in [0.15, 0.2) is 0 Å². The highest BCUT2D eigenvalue weighted by atomic mass is 35.5. The Labute approximate surface area is 233 Å². The number of amides is 3.